The van der Waals surface area contributed by atoms with Crippen molar-refractivity contribution in [1.82, 2.24) is 4.90 Å². The highest BCUT2D eigenvalue weighted by Crippen LogP contribution is 2.11. The molecule has 1 unspecified atom stereocenters. The smallest absolute Gasteiger partial charge is 0.335 e. The lowest BCUT2D eigenvalue weighted by Gasteiger charge is -2.25. The highest BCUT2D eigenvalue weighted by atomic mass is 32.2. The maximum Gasteiger partial charge on any atom is 0.335 e. The van der Waals surface area contributed by atoms with Gasteiger partial charge in [-0.1, -0.05) is 19.1 Å². The molecule has 0 aliphatic heterocycles. The quantitative estimate of drug-likeness (QED) is 0.750. The van der Waals surface area contributed by atoms with Crippen LogP contribution in [-0.4, -0.2) is 46.5 Å². The summed E-state index contributed by atoms with van der Waals surface area (Å²) >= 11 is 1.87. The monoisotopic (exact) mass is 309 g/mol. The van der Waals surface area contributed by atoms with Crippen LogP contribution in [0.2, 0.25) is 0 Å². The van der Waals surface area contributed by atoms with Crippen molar-refractivity contribution in [1.29, 1.82) is 0 Å². The third-order valence-electron chi connectivity index (χ3n) is 3.47. The first-order chi connectivity index (χ1) is 9.95. The lowest BCUT2D eigenvalue weighted by molar-refractivity contribution is -0.130. The van der Waals surface area contributed by atoms with Gasteiger partial charge >= 0.3 is 5.97 Å². The summed E-state index contributed by atoms with van der Waals surface area (Å²) < 4.78 is 0. The number of likely N-dealkylation sites (N-methyl/N-ethyl adjacent to an activating group) is 1. The Morgan fingerprint density at radius 1 is 1.38 bits per heavy atom. The molecule has 0 fully saturated rings. The number of aromatic carboxylic acids is 1. The van der Waals surface area contributed by atoms with Gasteiger partial charge in [-0.3, -0.25) is 4.79 Å². The minimum Gasteiger partial charge on any atom is -0.478 e. The second-order valence-electron chi connectivity index (χ2n) is 5.02. The molecule has 4 nitrogen and oxygen atoms in total. The first kappa shape index (κ1) is 17.6. The Balaban J connectivity index is 2.59. The first-order valence-corrected chi connectivity index (χ1v) is 8.26. The Hall–Kier alpha value is -1.49. The molecule has 1 N–H and O–H groups in total. The van der Waals surface area contributed by atoms with Crippen molar-refractivity contribution in [2.75, 3.05) is 18.6 Å². The summed E-state index contributed by atoms with van der Waals surface area (Å²) in [5, 5.41) is 8.96. The molecule has 0 saturated heterocycles. The van der Waals surface area contributed by atoms with E-state index in [1.54, 1.807) is 23.1 Å². The van der Waals surface area contributed by atoms with Crippen molar-refractivity contribution in [3.63, 3.8) is 0 Å². The van der Waals surface area contributed by atoms with Crippen molar-refractivity contribution < 1.29 is 14.7 Å². The number of thioether (sulfide) groups is 1. The van der Waals surface area contributed by atoms with Gasteiger partial charge in [0.2, 0.25) is 5.91 Å². The maximum absolute atomic E-state index is 12.2. The molecule has 0 aromatic heterocycles. The molecule has 1 atom stereocenters. The maximum atomic E-state index is 12.2. The van der Waals surface area contributed by atoms with E-state index >= 15 is 0 Å². The normalized spacial score (nSPS) is 12.0. The Morgan fingerprint density at radius 2 is 2.10 bits per heavy atom. The Morgan fingerprint density at radius 3 is 2.71 bits per heavy atom. The third-order valence-corrected chi connectivity index (χ3v) is 4.40. The topological polar surface area (TPSA) is 57.6 Å². The van der Waals surface area contributed by atoms with E-state index in [0.717, 1.165) is 23.5 Å². The van der Waals surface area contributed by atoms with Crippen LogP contribution in [0, 0.1) is 0 Å². The van der Waals surface area contributed by atoms with Crippen molar-refractivity contribution in [2.45, 2.75) is 32.7 Å². The second-order valence-corrected chi connectivity index (χ2v) is 6.42. The highest BCUT2D eigenvalue weighted by Gasteiger charge is 2.16. The van der Waals surface area contributed by atoms with Gasteiger partial charge in [0.15, 0.2) is 0 Å². The molecule has 21 heavy (non-hydrogen) atoms. The molecule has 0 bridgehead atoms. The van der Waals surface area contributed by atoms with Crippen LogP contribution < -0.4 is 0 Å². The molecular weight excluding hydrogens is 286 g/mol. The number of benzene rings is 1. The Bertz CT molecular complexity index is 490. The van der Waals surface area contributed by atoms with Gasteiger partial charge in [-0.15, -0.1) is 0 Å². The molecular formula is C16H23NO3S. The predicted molar refractivity (Wildman–Crippen MR) is 87.0 cm³/mol. The molecule has 0 spiro atoms. The summed E-state index contributed by atoms with van der Waals surface area (Å²) in [4.78, 5) is 24.9. The summed E-state index contributed by atoms with van der Waals surface area (Å²) in [5.41, 5.74) is 0.956. The minimum absolute atomic E-state index is 0.0199. The molecule has 1 amide bonds. The summed E-state index contributed by atoms with van der Waals surface area (Å²) in [6, 6.07) is 6.75. The van der Waals surface area contributed by atoms with Gasteiger partial charge in [0.05, 0.1) is 12.0 Å². The van der Waals surface area contributed by atoms with Crippen LogP contribution in [0.1, 0.15) is 36.2 Å². The molecule has 5 heteroatoms. The fourth-order valence-electron chi connectivity index (χ4n) is 1.95. The number of amides is 1. The van der Waals surface area contributed by atoms with E-state index in [1.807, 2.05) is 25.7 Å². The molecule has 1 rings (SSSR count). The summed E-state index contributed by atoms with van der Waals surface area (Å²) in [6.07, 6.45) is 1.21. The van der Waals surface area contributed by atoms with Gasteiger partial charge in [-0.25, -0.2) is 4.79 Å². The molecule has 0 heterocycles. The van der Waals surface area contributed by atoms with Crippen molar-refractivity contribution in [3.8, 4) is 0 Å². The Labute approximate surface area is 130 Å². The lowest BCUT2D eigenvalue weighted by atomic mass is 10.1. The SMILES string of the molecule is CCSCCC(C)N(C)C(=O)Cc1cccc(C(=O)O)c1. The molecule has 0 aliphatic carbocycles. The first-order valence-electron chi connectivity index (χ1n) is 7.11. The average molecular weight is 309 g/mol. The van der Waals surface area contributed by atoms with Gasteiger partial charge in [0, 0.05) is 13.1 Å². The second kappa shape index (κ2) is 8.72. The van der Waals surface area contributed by atoms with E-state index in [1.165, 1.54) is 6.07 Å². The summed E-state index contributed by atoms with van der Waals surface area (Å²) in [7, 11) is 1.81. The highest BCUT2D eigenvalue weighted by molar-refractivity contribution is 7.99. The van der Waals surface area contributed by atoms with Gasteiger partial charge in [0.1, 0.15) is 0 Å². The van der Waals surface area contributed by atoms with Crippen LogP contribution in [0.15, 0.2) is 24.3 Å². The average Bonchev–Trinajstić information content (AvgIpc) is 2.46. The van der Waals surface area contributed by atoms with Gasteiger partial charge in [-0.05, 0) is 42.5 Å². The molecule has 0 radical (unpaired) electrons. The largest absolute Gasteiger partial charge is 0.478 e. The number of rotatable bonds is 8. The number of carboxylic acid groups (broad SMARTS) is 1. The van der Waals surface area contributed by atoms with Crippen LogP contribution in [0.4, 0.5) is 0 Å². The van der Waals surface area contributed by atoms with Crippen LogP contribution in [0.5, 0.6) is 0 Å². The van der Waals surface area contributed by atoms with E-state index in [4.69, 9.17) is 5.11 Å². The molecule has 1 aromatic rings. The number of hydrogen-bond acceptors (Lipinski definition) is 3. The summed E-state index contributed by atoms with van der Waals surface area (Å²) in [6.45, 7) is 4.17. The number of hydrogen-bond donors (Lipinski definition) is 1. The fraction of sp³-hybridized carbons (Fsp3) is 0.500. The molecule has 0 aliphatic rings. The number of nitrogens with zero attached hydrogens (tertiary/aromatic N) is 1. The van der Waals surface area contributed by atoms with E-state index < -0.39 is 5.97 Å². The van der Waals surface area contributed by atoms with Crippen molar-refractivity contribution in [3.05, 3.63) is 35.4 Å². The van der Waals surface area contributed by atoms with Crippen LogP contribution in [0.25, 0.3) is 0 Å². The van der Waals surface area contributed by atoms with Crippen LogP contribution in [0.3, 0.4) is 0 Å². The van der Waals surface area contributed by atoms with E-state index in [2.05, 4.69) is 6.92 Å². The zero-order valence-electron chi connectivity index (χ0n) is 12.8. The van der Waals surface area contributed by atoms with Crippen molar-refractivity contribution in [2.24, 2.45) is 0 Å². The number of carbonyl (C=O) groups is 2. The Kier molecular flexibility index (Phi) is 7.29. The zero-order chi connectivity index (χ0) is 15.8. The van der Waals surface area contributed by atoms with Gasteiger partial charge < -0.3 is 10.0 Å². The molecule has 116 valence electrons. The fourth-order valence-corrected chi connectivity index (χ4v) is 2.75. The van der Waals surface area contributed by atoms with Crippen molar-refractivity contribution >= 4 is 23.6 Å². The number of carbonyl (C=O) groups excluding carboxylic acids is 1. The minimum atomic E-state index is -0.970. The number of carboxylic acids is 1. The van der Waals surface area contributed by atoms with E-state index in [9.17, 15) is 9.59 Å². The van der Waals surface area contributed by atoms with Gasteiger partial charge in [0.25, 0.3) is 0 Å². The van der Waals surface area contributed by atoms with Crippen LogP contribution >= 0.6 is 11.8 Å². The van der Waals surface area contributed by atoms with E-state index in [0.29, 0.717) is 0 Å². The molecule has 1 aromatic carbocycles. The standard InChI is InChI=1S/C16H23NO3S/c1-4-21-9-8-12(2)17(3)15(18)11-13-6-5-7-14(10-13)16(19)20/h5-7,10,12H,4,8-9,11H2,1-3H3,(H,19,20). The predicted octanol–water partition coefficient (Wildman–Crippen LogP) is 2.92. The lowest BCUT2D eigenvalue weighted by Crippen LogP contribution is -2.36. The third kappa shape index (κ3) is 5.79. The molecule has 0 saturated carbocycles. The van der Waals surface area contributed by atoms with Crippen LogP contribution in [-0.2, 0) is 11.2 Å². The van der Waals surface area contributed by atoms with Gasteiger partial charge in [-0.2, -0.15) is 11.8 Å². The van der Waals surface area contributed by atoms with E-state index in [-0.39, 0.29) is 23.9 Å². The zero-order valence-corrected chi connectivity index (χ0v) is 13.7. The summed E-state index contributed by atoms with van der Waals surface area (Å²) in [5.74, 6) is 1.19.